The summed E-state index contributed by atoms with van der Waals surface area (Å²) in [7, 11) is 0. The summed E-state index contributed by atoms with van der Waals surface area (Å²) in [4.78, 5) is 31.1. The summed E-state index contributed by atoms with van der Waals surface area (Å²) in [5.74, 6) is 1.16. The summed E-state index contributed by atoms with van der Waals surface area (Å²) in [5.41, 5.74) is -0.352. The van der Waals surface area contributed by atoms with Crippen LogP contribution in [0.15, 0.2) is 17.5 Å². The van der Waals surface area contributed by atoms with E-state index >= 15 is 0 Å². The Morgan fingerprint density at radius 3 is 2.34 bits per heavy atom. The molecule has 3 heterocycles. The predicted molar refractivity (Wildman–Crippen MR) is 119 cm³/mol. The van der Waals surface area contributed by atoms with Crippen LogP contribution in [0.4, 0.5) is 0 Å². The van der Waals surface area contributed by atoms with E-state index in [4.69, 9.17) is 0 Å². The predicted octanol–water partition coefficient (Wildman–Crippen LogP) is 3.92. The maximum atomic E-state index is 12.9. The van der Waals surface area contributed by atoms with Gasteiger partial charge in [-0.05, 0) is 56.1 Å². The fourth-order valence-electron chi connectivity index (χ4n) is 4.39. The number of carbonyl (C=O) groups excluding carboxylic acids is 2. The quantitative estimate of drug-likeness (QED) is 0.787. The van der Waals surface area contributed by atoms with E-state index in [1.54, 1.807) is 11.3 Å². The molecule has 1 atom stereocenters. The number of piperidine rings is 2. The molecule has 0 spiro atoms. The minimum atomic E-state index is -0.352. The molecule has 1 aromatic rings. The van der Waals surface area contributed by atoms with Crippen molar-refractivity contribution in [2.45, 2.75) is 59.4 Å². The van der Waals surface area contributed by atoms with E-state index in [-0.39, 0.29) is 29.2 Å². The zero-order valence-corrected chi connectivity index (χ0v) is 19.3. The van der Waals surface area contributed by atoms with E-state index in [2.05, 4.69) is 34.7 Å². The van der Waals surface area contributed by atoms with Crippen LogP contribution in [0.25, 0.3) is 0 Å². The minimum Gasteiger partial charge on any atom is -0.354 e. The first-order chi connectivity index (χ1) is 13.8. The molecule has 0 bridgehead atoms. The van der Waals surface area contributed by atoms with Crippen LogP contribution in [0.1, 0.15) is 64.3 Å². The molecule has 0 saturated carbocycles. The van der Waals surface area contributed by atoms with Gasteiger partial charge in [0.15, 0.2) is 0 Å². The van der Waals surface area contributed by atoms with Crippen molar-refractivity contribution >= 4 is 23.2 Å². The average Bonchev–Trinajstić information content (AvgIpc) is 3.22. The number of hydrogen-bond donors (Lipinski definition) is 1. The maximum absolute atomic E-state index is 12.9. The van der Waals surface area contributed by atoms with E-state index in [0.717, 1.165) is 31.8 Å². The van der Waals surface area contributed by atoms with Crippen LogP contribution in [0.3, 0.4) is 0 Å². The number of carbonyl (C=O) groups is 2. The topological polar surface area (TPSA) is 52.7 Å². The molecule has 1 N–H and O–H groups in total. The smallest absolute Gasteiger partial charge is 0.227 e. The third-order valence-corrected chi connectivity index (χ3v) is 7.37. The molecule has 0 aromatic carbocycles. The van der Waals surface area contributed by atoms with Crippen molar-refractivity contribution in [2.75, 3.05) is 32.7 Å². The Balaban J connectivity index is 1.52. The van der Waals surface area contributed by atoms with Gasteiger partial charge in [-0.25, -0.2) is 0 Å². The summed E-state index contributed by atoms with van der Waals surface area (Å²) >= 11 is 1.78. The zero-order valence-electron chi connectivity index (χ0n) is 18.4. The van der Waals surface area contributed by atoms with E-state index in [1.807, 2.05) is 25.7 Å². The van der Waals surface area contributed by atoms with Crippen LogP contribution < -0.4 is 5.32 Å². The molecule has 0 radical (unpaired) electrons. The van der Waals surface area contributed by atoms with E-state index in [9.17, 15) is 9.59 Å². The molecular weight excluding hydrogens is 382 g/mol. The van der Waals surface area contributed by atoms with Gasteiger partial charge in [-0.15, -0.1) is 11.3 Å². The molecule has 0 aliphatic carbocycles. The number of nitrogens with zero attached hydrogens (tertiary/aromatic N) is 2. The lowest BCUT2D eigenvalue weighted by atomic mass is 9.90. The van der Waals surface area contributed by atoms with Crippen molar-refractivity contribution in [3.8, 4) is 0 Å². The fraction of sp³-hybridized carbons (Fsp3) is 0.739. The highest BCUT2D eigenvalue weighted by atomic mass is 32.1. The van der Waals surface area contributed by atoms with Crippen molar-refractivity contribution in [2.24, 2.45) is 17.3 Å². The first kappa shape index (κ1) is 22.3. The van der Waals surface area contributed by atoms with Gasteiger partial charge in [-0.1, -0.05) is 33.8 Å². The Morgan fingerprint density at radius 2 is 1.79 bits per heavy atom. The lowest BCUT2D eigenvalue weighted by Crippen LogP contribution is -2.47. The molecule has 1 aromatic heterocycles. The second-order valence-corrected chi connectivity index (χ2v) is 10.8. The van der Waals surface area contributed by atoms with Gasteiger partial charge in [0.25, 0.3) is 0 Å². The fourth-order valence-corrected chi connectivity index (χ4v) is 5.25. The monoisotopic (exact) mass is 419 g/mol. The molecule has 5 nitrogen and oxygen atoms in total. The molecule has 2 fully saturated rings. The summed E-state index contributed by atoms with van der Waals surface area (Å²) in [6.07, 6.45) is 3.99. The lowest BCUT2D eigenvalue weighted by molar-refractivity contribution is -0.142. The Hall–Kier alpha value is -1.40. The van der Waals surface area contributed by atoms with Crippen molar-refractivity contribution in [3.63, 3.8) is 0 Å². The largest absolute Gasteiger partial charge is 0.354 e. The third-order valence-electron chi connectivity index (χ3n) is 6.39. The Kier molecular flexibility index (Phi) is 7.38. The van der Waals surface area contributed by atoms with Crippen LogP contribution in [0, 0.1) is 17.3 Å². The average molecular weight is 420 g/mol. The van der Waals surface area contributed by atoms with E-state index in [0.29, 0.717) is 19.6 Å². The Morgan fingerprint density at radius 1 is 1.14 bits per heavy atom. The highest BCUT2D eigenvalue weighted by Crippen LogP contribution is 2.29. The number of hydrogen-bond acceptors (Lipinski definition) is 4. The molecular formula is C23H37N3O2S. The summed E-state index contributed by atoms with van der Waals surface area (Å²) in [6, 6.07) is 4.56. The van der Waals surface area contributed by atoms with Gasteiger partial charge in [0.2, 0.25) is 11.8 Å². The van der Waals surface area contributed by atoms with Crippen LogP contribution in [0.5, 0.6) is 0 Å². The van der Waals surface area contributed by atoms with Crippen LogP contribution in [-0.4, -0.2) is 54.3 Å². The maximum Gasteiger partial charge on any atom is 0.227 e. The SMILES string of the molecule is CC1CCN(C(CNC(=O)C2CCN(C(=O)C(C)(C)C)CC2)c2cccs2)CC1. The second-order valence-electron chi connectivity index (χ2n) is 9.81. The number of likely N-dealkylation sites (tertiary alicyclic amines) is 2. The lowest BCUT2D eigenvalue weighted by Gasteiger charge is -2.37. The van der Waals surface area contributed by atoms with Crippen molar-refractivity contribution in [1.29, 1.82) is 0 Å². The van der Waals surface area contributed by atoms with E-state index in [1.165, 1.54) is 17.7 Å². The van der Waals surface area contributed by atoms with Gasteiger partial charge in [-0.2, -0.15) is 0 Å². The molecule has 2 aliphatic heterocycles. The van der Waals surface area contributed by atoms with Crippen molar-refractivity contribution < 1.29 is 9.59 Å². The molecule has 2 amide bonds. The number of thiophene rings is 1. The molecule has 29 heavy (non-hydrogen) atoms. The van der Waals surface area contributed by atoms with Gasteiger partial charge < -0.3 is 10.2 Å². The number of nitrogens with one attached hydrogen (secondary N) is 1. The molecule has 162 valence electrons. The van der Waals surface area contributed by atoms with Gasteiger partial charge in [0.1, 0.15) is 0 Å². The Labute approximate surface area is 179 Å². The van der Waals surface area contributed by atoms with Crippen LogP contribution >= 0.6 is 11.3 Å². The second kappa shape index (κ2) is 9.61. The van der Waals surface area contributed by atoms with Crippen LogP contribution in [-0.2, 0) is 9.59 Å². The minimum absolute atomic E-state index is 0.0179. The highest BCUT2D eigenvalue weighted by Gasteiger charge is 2.33. The van der Waals surface area contributed by atoms with Crippen molar-refractivity contribution in [3.05, 3.63) is 22.4 Å². The number of amides is 2. The zero-order chi connectivity index (χ0) is 21.0. The van der Waals surface area contributed by atoms with E-state index < -0.39 is 0 Å². The standard InChI is InChI=1S/C23H37N3O2S/c1-17-7-11-25(12-8-17)19(20-6-5-15-29-20)16-24-21(27)18-9-13-26(14-10-18)22(28)23(2,3)4/h5-6,15,17-19H,7-14,16H2,1-4H3,(H,24,27). The van der Waals surface area contributed by atoms with Gasteiger partial charge >= 0.3 is 0 Å². The molecule has 2 saturated heterocycles. The summed E-state index contributed by atoms with van der Waals surface area (Å²) in [6.45, 7) is 12.5. The highest BCUT2D eigenvalue weighted by molar-refractivity contribution is 7.10. The normalized spacial score (nSPS) is 21.2. The number of rotatable bonds is 5. The Bertz CT molecular complexity index is 667. The van der Waals surface area contributed by atoms with Gasteiger partial charge in [0.05, 0.1) is 6.04 Å². The molecule has 6 heteroatoms. The third kappa shape index (κ3) is 5.82. The summed E-state index contributed by atoms with van der Waals surface area (Å²) in [5, 5.41) is 5.37. The first-order valence-electron chi connectivity index (χ1n) is 11.1. The van der Waals surface area contributed by atoms with Crippen molar-refractivity contribution in [1.82, 2.24) is 15.1 Å². The summed E-state index contributed by atoms with van der Waals surface area (Å²) < 4.78 is 0. The van der Waals surface area contributed by atoms with Gasteiger partial charge in [-0.3, -0.25) is 14.5 Å². The molecule has 2 aliphatic rings. The van der Waals surface area contributed by atoms with Gasteiger partial charge in [0, 0.05) is 35.8 Å². The van der Waals surface area contributed by atoms with Crippen LogP contribution in [0.2, 0.25) is 0 Å². The first-order valence-corrected chi connectivity index (χ1v) is 12.0. The molecule has 1 unspecified atom stereocenters. The molecule has 3 rings (SSSR count).